The summed E-state index contributed by atoms with van der Waals surface area (Å²) in [4.78, 5) is 2.80. The van der Waals surface area contributed by atoms with Crippen LogP contribution in [0.5, 0.6) is 0 Å². The third-order valence-corrected chi connectivity index (χ3v) is 6.46. The summed E-state index contributed by atoms with van der Waals surface area (Å²) in [5.74, 6) is 0.697. The number of likely N-dealkylation sites (tertiary alicyclic amines) is 1. The Bertz CT molecular complexity index is 612. The summed E-state index contributed by atoms with van der Waals surface area (Å²) < 4.78 is 32.6. The zero-order valence-corrected chi connectivity index (χ0v) is 13.9. The molecule has 1 unspecified atom stereocenters. The monoisotopic (exact) mass is 324 g/mol. The second-order valence-electron chi connectivity index (χ2n) is 6.25. The van der Waals surface area contributed by atoms with Gasteiger partial charge in [0, 0.05) is 26.2 Å². The van der Waals surface area contributed by atoms with Crippen molar-refractivity contribution >= 4 is 10.0 Å². The fourth-order valence-corrected chi connectivity index (χ4v) is 4.85. The van der Waals surface area contributed by atoms with Crippen molar-refractivity contribution in [1.29, 1.82) is 0 Å². The Hall–Kier alpha value is -0.950. The molecular weight excluding hydrogens is 300 g/mol. The van der Waals surface area contributed by atoms with E-state index in [1.807, 2.05) is 18.2 Å². The topological polar surface area (TPSA) is 49.9 Å². The lowest BCUT2D eigenvalue weighted by Crippen LogP contribution is -2.41. The second kappa shape index (κ2) is 6.66. The molecule has 2 heterocycles. The van der Waals surface area contributed by atoms with Crippen LogP contribution in [0.2, 0.25) is 0 Å². The van der Waals surface area contributed by atoms with Gasteiger partial charge in [-0.1, -0.05) is 25.1 Å². The summed E-state index contributed by atoms with van der Waals surface area (Å²) >= 11 is 0. The Morgan fingerprint density at radius 2 is 1.91 bits per heavy atom. The van der Waals surface area contributed by atoms with Crippen molar-refractivity contribution in [3.63, 3.8) is 0 Å². The highest BCUT2D eigenvalue weighted by molar-refractivity contribution is 7.89. The molecule has 0 aliphatic carbocycles. The summed E-state index contributed by atoms with van der Waals surface area (Å²) in [5.41, 5.74) is 0.906. The van der Waals surface area contributed by atoms with E-state index < -0.39 is 10.0 Å². The summed E-state index contributed by atoms with van der Waals surface area (Å²) in [6.45, 7) is 6.89. The molecule has 0 bridgehead atoms. The van der Waals surface area contributed by atoms with Crippen molar-refractivity contribution in [3.05, 3.63) is 29.8 Å². The highest BCUT2D eigenvalue weighted by Gasteiger charge is 2.29. The number of morpholine rings is 1. The van der Waals surface area contributed by atoms with Crippen molar-refractivity contribution < 1.29 is 13.2 Å². The minimum Gasteiger partial charge on any atom is -0.379 e. The lowest BCUT2D eigenvalue weighted by atomic mass is 10.2. The van der Waals surface area contributed by atoms with Crippen LogP contribution in [0.25, 0.3) is 0 Å². The minimum atomic E-state index is -3.42. The smallest absolute Gasteiger partial charge is 0.243 e. The van der Waals surface area contributed by atoms with Crippen molar-refractivity contribution in [2.75, 3.05) is 39.4 Å². The largest absolute Gasteiger partial charge is 0.379 e. The maximum Gasteiger partial charge on any atom is 0.243 e. The second-order valence-corrected chi connectivity index (χ2v) is 8.16. The van der Waals surface area contributed by atoms with Gasteiger partial charge in [-0.25, -0.2) is 8.42 Å². The van der Waals surface area contributed by atoms with E-state index in [0.29, 0.717) is 43.7 Å². The molecule has 22 heavy (non-hydrogen) atoms. The average Bonchev–Trinajstić information content (AvgIpc) is 2.94. The van der Waals surface area contributed by atoms with Gasteiger partial charge in [0.2, 0.25) is 10.0 Å². The van der Waals surface area contributed by atoms with E-state index in [0.717, 1.165) is 18.7 Å². The van der Waals surface area contributed by atoms with Crippen LogP contribution < -0.4 is 0 Å². The van der Waals surface area contributed by atoms with E-state index in [1.54, 1.807) is 10.4 Å². The van der Waals surface area contributed by atoms with Gasteiger partial charge in [-0.2, -0.15) is 4.31 Å². The number of benzene rings is 1. The Kier molecular flexibility index (Phi) is 4.82. The zero-order chi connectivity index (χ0) is 15.6. The number of nitrogens with zero attached hydrogens (tertiary/aromatic N) is 2. The minimum absolute atomic E-state index is 0.442. The number of hydrogen-bond donors (Lipinski definition) is 0. The fourth-order valence-electron chi connectivity index (χ4n) is 3.22. The van der Waals surface area contributed by atoms with Crippen LogP contribution in [0.1, 0.15) is 18.9 Å². The van der Waals surface area contributed by atoms with E-state index in [-0.39, 0.29) is 0 Å². The van der Waals surface area contributed by atoms with Gasteiger partial charge in [-0.3, -0.25) is 4.90 Å². The van der Waals surface area contributed by atoms with E-state index in [2.05, 4.69) is 11.8 Å². The summed E-state index contributed by atoms with van der Waals surface area (Å²) in [5, 5.41) is 0. The van der Waals surface area contributed by atoms with Gasteiger partial charge in [-0.15, -0.1) is 0 Å². The molecule has 0 spiro atoms. The Balaban J connectivity index is 1.83. The molecule has 2 fully saturated rings. The van der Waals surface area contributed by atoms with Gasteiger partial charge in [0.1, 0.15) is 0 Å². The standard InChI is InChI=1S/C16H24N2O3S/c1-14-6-7-17(12-14)13-15-4-2-3-5-16(15)22(19,20)18-8-10-21-11-9-18/h2-5,14H,6-13H2,1H3. The highest BCUT2D eigenvalue weighted by Crippen LogP contribution is 2.24. The molecule has 6 heteroatoms. The van der Waals surface area contributed by atoms with Gasteiger partial charge in [0.25, 0.3) is 0 Å². The van der Waals surface area contributed by atoms with E-state index in [9.17, 15) is 8.42 Å². The van der Waals surface area contributed by atoms with Gasteiger partial charge >= 0.3 is 0 Å². The molecule has 0 amide bonds. The molecule has 3 rings (SSSR count). The quantitative estimate of drug-likeness (QED) is 0.843. The molecule has 2 aliphatic rings. The molecule has 0 radical (unpaired) electrons. The molecule has 0 saturated carbocycles. The van der Waals surface area contributed by atoms with Crippen LogP contribution in [0.3, 0.4) is 0 Å². The Morgan fingerprint density at radius 3 is 2.59 bits per heavy atom. The van der Waals surface area contributed by atoms with Crippen molar-refractivity contribution in [3.8, 4) is 0 Å². The lowest BCUT2D eigenvalue weighted by Gasteiger charge is -2.27. The molecule has 1 aromatic rings. The normalized spacial score (nSPS) is 24.7. The van der Waals surface area contributed by atoms with Crippen molar-refractivity contribution in [1.82, 2.24) is 9.21 Å². The fraction of sp³-hybridized carbons (Fsp3) is 0.625. The van der Waals surface area contributed by atoms with E-state index in [4.69, 9.17) is 4.74 Å². The average molecular weight is 324 g/mol. The van der Waals surface area contributed by atoms with E-state index >= 15 is 0 Å². The number of rotatable bonds is 4. The lowest BCUT2D eigenvalue weighted by molar-refractivity contribution is 0.0730. The summed E-state index contributed by atoms with van der Waals surface area (Å²) in [6.07, 6.45) is 1.19. The molecule has 0 aromatic heterocycles. The van der Waals surface area contributed by atoms with Gasteiger partial charge in [0.05, 0.1) is 18.1 Å². The van der Waals surface area contributed by atoms with Crippen molar-refractivity contribution in [2.24, 2.45) is 5.92 Å². The maximum atomic E-state index is 12.9. The SMILES string of the molecule is CC1CCN(Cc2ccccc2S(=O)(=O)N2CCOCC2)C1. The first-order valence-corrected chi connectivity index (χ1v) is 9.39. The predicted octanol–water partition coefficient (Wildman–Crippen LogP) is 1.55. The van der Waals surface area contributed by atoms with Crippen LogP contribution in [0.4, 0.5) is 0 Å². The number of sulfonamides is 1. The molecular formula is C16H24N2O3S. The van der Waals surface area contributed by atoms with Crippen LogP contribution >= 0.6 is 0 Å². The van der Waals surface area contributed by atoms with Crippen LogP contribution in [0.15, 0.2) is 29.2 Å². The number of ether oxygens (including phenoxy) is 1. The van der Waals surface area contributed by atoms with Crippen molar-refractivity contribution in [2.45, 2.75) is 24.8 Å². The molecule has 2 aliphatic heterocycles. The highest BCUT2D eigenvalue weighted by atomic mass is 32.2. The molecule has 0 N–H and O–H groups in total. The Labute approximate surface area is 132 Å². The third-order valence-electron chi connectivity index (χ3n) is 4.46. The predicted molar refractivity (Wildman–Crippen MR) is 85.1 cm³/mol. The molecule has 2 saturated heterocycles. The molecule has 1 aromatic carbocycles. The van der Waals surface area contributed by atoms with E-state index in [1.165, 1.54) is 6.42 Å². The molecule has 122 valence electrons. The maximum absolute atomic E-state index is 12.9. The summed E-state index contributed by atoms with van der Waals surface area (Å²) in [7, 11) is -3.42. The number of hydrogen-bond acceptors (Lipinski definition) is 4. The first kappa shape index (κ1) is 15.9. The van der Waals surface area contributed by atoms with Crippen LogP contribution in [-0.4, -0.2) is 57.0 Å². The van der Waals surface area contributed by atoms with Gasteiger partial charge in [0.15, 0.2) is 0 Å². The first-order valence-electron chi connectivity index (χ1n) is 7.95. The van der Waals surface area contributed by atoms with Gasteiger partial charge < -0.3 is 4.74 Å². The van der Waals surface area contributed by atoms with Crippen LogP contribution in [0, 0.1) is 5.92 Å². The Morgan fingerprint density at radius 1 is 1.18 bits per heavy atom. The van der Waals surface area contributed by atoms with Crippen LogP contribution in [-0.2, 0) is 21.3 Å². The third kappa shape index (κ3) is 3.35. The van der Waals surface area contributed by atoms with Gasteiger partial charge in [-0.05, 0) is 30.5 Å². The molecule has 5 nitrogen and oxygen atoms in total. The first-order chi connectivity index (χ1) is 10.6. The summed E-state index contributed by atoms with van der Waals surface area (Å²) in [6, 6.07) is 7.41. The zero-order valence-electron chi connectivity index (χ0n) is 13.1. The molecule has 1 atom stereocenters.